The number of pyridine rings is 2. The molecule has 0 aliphatic heterocycles. The van der Waals surface area contributed by atoms with Crippen molar-refractivity contribution in [2.24, 2.45) is 0 Å². The quantitative estimate of drug-likeness (QED) is 0.103. The molecule has 0 fully saturated rings. The number of amides is 2. The second kappa shape index (κ2) is 17.2. The number of methoxy groups -OCH3 is 1. The number of benzene rings is 4. The van der Waals surface area contributed by atoms with Crippen LogP contribution in [0.15, 0.2) is 122 Å². The molecule has 6 rings (SSSR count). The van der Waals surface area contributed by atoms with Crippen LogP contribution in [0.5, 0.6) is 0 Å². The number of halogens is 2. The molecule has 0 bridgehead atoms. The van der Waals surface area contributed by atoms with Gasteiger partial charge in [-0.15, -0.1) is 0 Å². The smallest absolute Gasteiger partial charge is 0.337 e. The summed E-state index contributed by atoms with van der Waals surface area (Å²) in [4.78, 5) is 55.1. The highest BCUT2D eigenvalue weighted by atomic mass is 35.5. The fourth-order valence-electron chi connectivity index (χ4n) is 5.21. The molecular formula is C41H32Cl2N4O6. The SMILES string of the molecule is COC(=O)c1ccc(-c2cc(NC(=O)c3ccnc(Cl)c3)ccc2C)cc1.Cc1ccc(NC(=O)c2ccnc(Cl)c2)cc1-c1ccc(C(=O)O)cc1. The predicted molar refractivity (Wildman–Crippen MR) is 206 cm³/mol. The first-order valence-corrected chi connectivity index (χ1v) is 16.8. The number of nitrogens with zero attached hydrogens (tertiary/aromatic N) is 2. The lowest BCUT2D eigenvalue weighted by molar-refractivity contribution is 0.0599. The summed E-state index contributed by atoms with van der Waals surface area (Å²) in [5.41, 5.74) is 8.57. The van der Waals surface area contributed by atoms with Gasteiger partial charge in [0.1, 0.15) is 10.3 Å². The first kappa shape index (κ1) is 37.9. The number of esters is 1. The minimum absolute atomic E-state index is 0.227. The zero-order valence-electron chi connectivity index (χ0n) is 28.7. The zero-order valence-corrected chi connectivity index (χ0v) is 30.2. The van der Waals surface area contributed by atoms with Gasteiger partial charge < -0.3 is 20.5 Å². The van der Waals surface area contributed by atoms with Crippen molar-refractivity contribution in [3.05, 3.63) is 165 Å². The highest BCUT2D eigenvalue weighted by Crippen LogP contribution is 2.29. The number of aromatic nitrogens is 2. The van der Waals surface area contributed by atoms with E-state index < -0.39 is 5.97 Å². The van der Waals surface area contributed by atoms with Crippen LogP contribution in [-0.4, -0.2) is 45.9 Å². The molecule has 2 heterocycles. The molecule has 0 spiro atoms. The summed E-state index contributed by atoms with van der Waals surface area (Å²) in [6, 6.07) is 31.2. The fourth-order valence-corrected chi connectivity index (χ4v) is 5.56. The molecule has 0 aliphatic rings. The number of carboxylic acid groups (broad SMARTS) is 1. The monoisotopic (exact) mass is 746 g/mol. The number of carboxylic acids is 1. The lowest BCUT2D eigenvalue weighted by Crippen LogP contribution is -2.12. The molecular weight excluding hydrogens is 715 g/mol. The summed E-state index contributed by atoms with van der Waals surface area (Å²) < 4.78 is 4.72. The molecule has 12 heteroatoms. The van der Waals surface area contributed by atoms with E-state index in [1.165, 1.54) is 31.6 Å². The number of anilines is 2. The van der Waals surface area contributed by atoms with Crippen molar-refractivity contribution in [1.29, 1.82) is 0 Å². The van der Waals surface area contributed by atoms with Gasteiger partial charge in [0.15, 0.2) is 0 Å². The van der Waals surface area contributed by atoms with E-state index in [0.29, 0.717) is 28.1 Å². The van der Waals surface area contributed by atoms with Gasteiger partial charge in [-0.2, -0.15) is 0 Å². The van der Waals surface area contributed by atoms with E-state index in [1.54, 1.807) is 48.5 Å². The Morgan fingerprint density at radius 3 is 1.36 bits per heavy atom. The summed E-state index contributed by atoms with van der Waals surface area (Å²) in [6.45, 7) is 3.94. The lowest BCUT2D eigenvalue weighted by atomic mass is 9.98. The van der Waals surface area contributed by atoms with Gasteiger partial charge in [0.05, 0.1) is 18.2 Å². The maximum atomic E-state index is 12.4. The molecule has 0 unspecified atom stereocenters. The largest absolute Gasteiger partial charge is 0.478 e. The number of aryl methyl sites for hydroxylation is 2. The van der Waals surface area contributed by atoms with Crippen LogP contribution in [0.25, 0.3) is 22.3 Å². The highest BCUT2D eigenvalue weighted by Gasteiger charge is 2.12. The topological polar surface area (TPSA) is 148 Å². The molecule has 0 saturated carbocycles. The number of hydrogen-bond acceptors (Lipinski definition) is 7. The van der Waals surface area contributed by atoms with E-state index in [9.17, 15) is 19.2 Å². The number of aromatic carboxylic acids is 1. The van der Waals surface area contributed by atoms with E-state index in [-0.39, 0.29) is 33.7 Å². The van der Waals surface area contributed by atoms with Crippen molar-refractivity contribution in [2.45, 2.75) is 13.8 Å². The summed E-state index contributed by atoms with van der Waals surface area (Å²) in [5, 5.41) is 15.2. The first-order valence-electron chi connectivity index (χ1n) is 16.0. The molecule has 4 aromatic carbocycles. The Hall–Kier alpha value is -6.36. The van der Waals surface area contributed by atoms with Crippen LogP contribution in [0.3, 0.4) is 0 Å². The summed E-state index contributed by atoms with van der Waals surface area (Å²) in [7, 11) is 1.35. The van der Waals surface area contributed by atoms with Crippen LogP contribution in [-0.2, 0) is 4.74 Å². The van der Waals surface area contributed by atoms with Crippen LogP contribution in [0.4, 0.5) is 11.4 Å². The third-order valence-corrected chi connectivity index (χ3v) is 8.44. The van der Waals surface area contributed by atoms with Gasteiger partial charge in [0.2, 0.25) is 0 Å². The van der Waals surface area contributed by atoms with Gasteiger partial charge in [-0.25, -0.2) is 19.6 Å². The Kier molecular flexibility index (Phi) is 12.3. The number of nitrogens with one attached hydrogen (secondary N) is 2. The Balaban J connectivity index is 0.000000204. The van der Waals surface area contributed by atoms with Crippen molar-refractivity contribution in [3.63, 3.8) is 0 Å². The van der Waals surface area contributed by atoms with Gasteiger partial charge >= 0.3 is 11.9 Å². The van der Waals surface area contributed by atoms with Gasteiger partial charge in [0, 0.05) is 34.9 Å². The average Bonchev–Trinajstić information content (AvgIpc) is 3.16. The summed E-state index contributed by atoms with van der Waals surface area (Å²) in [6.07, 6.45) is 2.96. The van der Waals surface area contributed by atoms with E-state index in [1.807, 2.05) is 62.4 Å². The Morgan fingerprint density at radius 2 is 0.981 bits per heavy atom. The normalized spacial score (nSPS) is 10.4. The molecule has 3 N–H and O–H groups in total. The molecule has 0 saturated heterocycles. The molecule has 266 valence electrons. The fraction of sp³-hybridized carbons (Fsp3) is 0.0732. The number of carbonyl (C=O) groups excluding carboxylic acids is 3. The summed E-state index contributed by atoms with van der Waals surface area (Å²) >= 11 is 11.7. The van der Waals surface area contributed by atoms with Gasteiger partial charge in [0.25, 0.3) is 11.8 Å². The van der Waals surface area contributed by atoms with Crippen molar-refractivity contribution in [3.8, 4) is 22.3 Å². The van der Waals surface area contributed by atoms with Gasteiger partial charge in [-0.05, 0) is 120 Å². The van der Waals surface area contributed by atoms with Gasteiger partial charge in [-0.3, -0.25) is 9.59 Å². The first-order chi connectivity index (χ1) is 25.4. The van der Waals surface area contributed by atoms with E-state index in [4.69, 9.17) is 33.0 Å². The number of rotatable bonds is 8. The number of ether oxygens (including phenoxy) is 1. The third kappa shape index (κ3) is 9.91. The summed E-state index contributed by atoms with van der Waals surface area (Å²) in [5.74, 6) is -1.90. The maximum Gasteiger partial charge on any atom is 0.337 e. The third-order valence-electron chi connectivity index (χ3n) is 8.03. The maximum absolute atomic E-state index is 12.4. The van der Waals surface area contributed by atoms with Crippen molar-refractivity contribution in [1.82, 2.24) is 9.97 Å². The second-order valence-corrected chi connectivity index (χ2v) is 12.4. The number of carbonyl (C=O) groups is 4. The van der Waals surface area contributed by atoms with Crippen LogP contribution in [0.2, 0.25) is 10.3 Å². The molecule has 0 aliphatic carbocycles. The molecule has 0 radical (unpaired) electrons. The Morgan fingerprint density at radius 1 is 0.566 bits per heavy atom. The van der Waals surface area contributed by atoms with E-state index in [2.05, 4.69) is 20.6 Å². The number of hydrogen-bond donors (Lipinski definition) is 3. The zero-order chi connectivity index (χ0) is 38.1. The highest BCUT2D eigenvalue weighted by molar-refractivity contribution is 6.30. The molecule has 2 aromatic heterocycles. The van der Waals surface area contributed by atoms with Crippen LogP contribution in [0, 0.1) is 13.8 Å². The van der Waals surface area contributed by atoms with Crippen molar-refractivity contribution >= 4 is 58.3 Å². The minimum Gasteiger partial charge on any atom is -0.478 e. The predicted octanol–water partition coefficient (Wildman–Crippen LogP) is 9.41. The van der Waals surface area contributed by atoms with Crippen LogP contribution >= 0.6 is 23.2 Å². The minimum atomic E-state index is -0.967. The van der Waals surface area contributed by atoms with Crippen molar-refractivity contribution in [2.75, 3.05) is 17.7 Å². The molecule has 53 heavy (non-hydrogen) atoms. The Bertz CT molecular complexity index is 2310. The van der Waals surface area contributed by atoms with Crippen molar-refractivity contribution < 1.29 is 29.0 Å². The second-order valence-electron chi connectivity index (χ2n) is 11.7. The van der Waals surface area contributed by atoms with Crippen LogP contribution < -0.4 is 10.6 Å². The molecule has 2 amide bonds. The van der Waals surface area contributed by atoms with Gasteiger partial charge in [-0.1, -0.05) is 59.6 Å². The van der Waals surface area contributed by atoms with E-state index >= 15 is 0 Å². The molecule has 0 atom stereocenters. The van der Waals surface area contributed by atoms with E-state index in [0.717, 1.165) is 33.4 Å². The Labute approximate surface area is 315 Å². The molecule has 6 aromatic rings. The lowest BCUT2D eigenvalue weighted by Gasteiger charge is -2.11. The standard InChI is InChI=1S/C21H17ClN2O3.C20H15ClN2O3/c1-13-3-8-17(24-20(25)16-9-10-23-19(22)11-16)12-18(13)14-4-6-15(7-5-14)21(26)27-2;1-12-2-7-16(23-19(24)15-8-9-22-18(21)10-15)11-17(12)13-3-5-14(6-4-13)20(25)26/h3-12H,1-2H3,(H,24,25);2-11H,1H3,(H,23,24)(H,25,26). The molecule has 10 nitrogen and oxygen atoms in total. The average molecular weight is 748 g/mol. The van der Waals surface area contributed by atoms with Crippen LogP contribution in [0.1, 0.15) is 52.6 Å².